The van der Waals surface area contributed by atoms with Gasteiger partial charge in [-0.2, -0.15) is 0 Å². The highest BCUT2D eigenvalue weighted by atomic mass is 35.5. The summed E-state index contributed by atoms with van der Waals surface area (Å²) in [6.45, 7) is 0.451. The molecule has 0 aliphatic heterocycles. The first-order chi connectivity index (χ1) is 8.03. The fraction of sp³-hybridized carbons (Fsp3) is 0.500. The van der Waals surface area contributed by atoms with Crippen molar-refractivity contribution in [2.45, 2.75) is 18.4 Å². The van der Waals surface area contributed by atoms with Crippen molar-refractivity contribution in [3.05, 3.63) is 34.6 Å². The third-order valence-corrected chi connectivity index (χ3v) is 2.85. The molecule has 0 bridgehead atoms. The second-order valence-corrected chi connectivity index (χ2v) is 4.42. The Balaban J connectivity index is 3.03. The third-order valence-electron chi connectivity index (χ3n) is 2.61. The van der Waals surface area contributed by atoms with Crippen LogP contribution in [0.25, 0.3) is 0 Å². The first-order valence-corrected chi connectivity index (χ1v) is 5.78. The van der Waals surface area contributed by atoms with Crippen molar-refractivity contribution < 1.29 is 14.2 Å². The van der Waals surface area contributed by atoms with Crippen LogP contribution in [0.2, 0.25) is 5.02 Å². The van der Waals surface area contributed by atoms with Crippen LogP contribution in [0.3, 0.4) is 0 Å². The number of hydrogen-bond acceptors (Lipinski definition) is 3. The molecule has 0 radical (unpaired) electrons. The van der Waals surface area contributed by atoms with Crippen molar-refractivity contribution in [1.29, 1.82) is 0 Å². The highest BCUT2D eigenvalue weighted by Crippen LogP contribution is 2.30. The van der Waals surface area contributed by atoms with Gasteiger partial charge in [0.15, 0.2) is 0 Å². The van der Waals surface area contributed by atoms with E-state index in [1.54, 1.807) is 6.07 Å². The number of nitrogens with two attached hydrogens (primary N) is 1. The molecule has 0 fully saturated rings. The van der Waals surface area contributed by atoms with Gasteiger partial charge in [0.05, 0.1) is 6.61 Å². The minimum absolute atomic E-state index is 0.0194. The molecule has 3 N–H and O–H groups in total. The van der Waals surface area contributed by atoms with Gasteiger partial charge in [-0.15, -0.1) is 0 Å². The molecule has 1 aromatic carbocycles. The molecule has 0 saturated heterocycles. The van der Waals surface area contributed by atoms with E-state index in [2.05, 4.69) is 0 Å². The molecule has 0 aliphatic carbocycles. The van der Waals surface area contributed by atoms with Crippen LogP contribution in [0.15, 0.2) is 18.2 Å². The first-order valence-electron chi connectivity index (χ1n) is 5.40. The van der Waals surface area contributed by atoms with E-state index in [1.807, 2.05) is 0 Å². The van der Waals surface area contributed by atoms with Crippen LogP contribution in [0, 0.1) is 5.82 Å². The van der Waals surface area contributed by atoms with Gasteiger partial charge in [-0.1, -0.05) is 17.7 Å². The summed E-state index contributed by atoms with van der Waals surface area (Å²) in [5.74, 6) is -0.533. The predicted molar refractivity (Wildman–Crippen MR) is 65.5 cm³/mol. The van der Waals surface area contributed by atoms with E-state index in [4.69, 9.17) is 22.1 Å². The Kier molecular flexibility index (Phi) is 5.33. The molecule has 3 nitrogen and oxygen atoms in total. The van der Waals surface area contributed by atoms with Gasteiger partial charge in [0, 0.05) is 17.7 Å². The van der Waals surface area contributed by atoms with Gasteiger partial charge in [0.1, 0.15) is 11.4 Å². The van der Waals surface area contributed by atoms with Crippen molar-refractivity contribution in [2.75, 3.05) is 20.3 Å². The van der Waals surface area contributed by atoms with Gasteiger partial charge in [-0.3, -0.25) is 0 Å². The number of rotatable bonds is 6. The Bertz CT molecular complexity index is 376. The number of ether oxygens (including phenoxy) is 1. The minimum atomic E-state index is -1.36. The van der Waals surface area contributed by atoms with Crippen molar-refractivity contribution in [3.8, 4) is 0 Å². The lowest BCUT2D eigenvalue weighted by molar-refractivity contribution is -0.0453. The smallest absolute Gasteiger partial charge is 0.130 e. The van der Waals surface area contributed by atoms with E-state index in [-0.39, 0.29) is 12.2 Å². The molecule has 17 heavy (non-hydrogen) atoms. The normalized spacial score (nSPS) is 14.6. The molecule has 0 aliphatic rings. The van der Waals surface area contributed by atoms with Crippen molar-refractivity contribution in [2.24, 2.45) is 5.73 Å². The largest absolute Gasteiger partial charge is 0.383 e. The topological polar surface area (TPSA) is 55.5 Å². The van der Waals surface area contributed by atoms with Gasteiger partial charge in [-0.25, -0.2) is 4.39 Å². The van der Waals surface area contributed by atoms with E-state index in [0.717, 1.165) is 0 Å². The maximum absolute atomic E-state index is 13.8. The zero-order valence-corrected chi connectivity index (χ0v) is 10.5. The van der Waals surface area contributed by atoms with Gasteiger partial charge >= 0.3 is 0 Å². The Morgan fingerprint density at radius 1 is 1.53 bits per heavy atom. The van der Waals surface area contributed by atoms with Crippen molar-refractivity contribution in [1.82, 2.24) is 0 Å². The molecule has 0 spiro atoms. The summed E-state index contributed by atoms with van der Waals surface area (Å²) < 4.78 is 18.7. The Morgan fingerprint density at radius 2 is 2.24 bits per heavy atom. The fourth-order valence-electron chi connectivity index (χ4n) is 1.78. The van der Waals surface area contributed by atoms with Gasteiger partial charge in [-0.05, 0) is 31.5 Å². The van der Waals surface area contributed by atoms with E-state index < -0.39 is 11.4 Å². The lowest BCUT2D eigenvalue weighted by Crippen LogP contribution is -2.33. The predicted octanol–water partition coefficient (Wildman–Crippen LogP) is 2.05. The molecule has 0 aromatic heterocycles. The van der Waals surface area contributed by atoms with Crippen LogP contribution >= 0.6 is 11.6 Å². The van der Waals surface area contributed by atoms with Gasteiger partial charge < -0.3 is 15.6 Å². The average Bonchev–Trinajstić information content (AvgIpc) is 2.26. The summed E-state index contributed by atoms with van der Waals surface area (Å²) >= 11 is 5.68. The quantitative estimate of drug-likeness (QED) is 0.824. The van der Waals surface area contributed by atoms with Crippen LogP contribution in [-0.4, -0.2) is 25.4 Å². The highest BCUT2D eigenvalue weighted by Gasteiger charge is 2.31. The summed E-state index contributed by atoms with van der Waals surface area (Å²) in [6, 6.07) is 4.20. The minimum Gasteiger partial charge on any atom is -0.383 e. The number of halogens is 2. The van der Waals surface area contributed by atoms with Crippen LogP contribution < -0.4 is 5.73 Å². The van der Waals surface area contributed by atoms with Crippen molar-refractivity contribution in [3.63, 3.8) is 0 Å². The SMILES string of the molecule is COCC(O)(CCCN)c1ccc(Cl)cc1F. The molecule has 1 rings (SSSR count). The number of benzene rings is 1. The maximum Gasteiger partial charge on any atom is 0.130 e. The standard InChI is InChI=1S/C12H17ClFNO2/c1-17-8-12(16,5-2-6-15)10-4-3-9(13)7-11(10)14/h3-4,7,16H,2,5-6,8,15H2,1H3. The molecule has 96 valence electrons. The van der Waals surface area contributed by atoms with Gasteiger partial charge in [0.2, 0.25) is 0 Å². The number of hydrogen-bond donors (Lipinski definition) is 2. The molecule has 1 unspecified atom stereocenters. The molecule has 1 aromatic rings. The summed E-state index contributed by atoms with van der Waals surface area (Å²) in [5.41, 5.74) is 4.24. The van der Waals surface area contributed by atoms with E-state index in [1.165, 1.54) is 19.2 Å². The Labute approximate surface area is 105 Å². The Hall–Kier alpha value is -0.680. The maximum atomic E-state index is 13.8. The summed E-state index contributed by atoms with van der Waals surface area (Å²) in [5, 5.41) is 10.7. The van der Waals surface area contributed by atoms with E-state index in [0.29, 0.717) is 24.4 Å². The summed E-state index contributed by atoms with van der Waals surface area (Å²) in [6.07, 6.45) is 0.928. The monoisotopic (exact) mass is 261 g/mol. The molecule has 0 saturated carbocycles. The molecule has 0 heterocycles. The molecular weight excluding hydrogens is 245 g/mol. The lowest BCUT2D eigenvalue weighted by Gasteiger charge is -2.28. The molecule has 1 atom stereocenters. The van der Waals surface area contributed by atoms with E-state index >= 15 is 0 Å². The Morgan fingerprint density at radius 3 is 2.76 bits per heavy atom. The van der Waals surface area contributed by atoms with Gasteiger partial charge in [0.25, 0.3) is 0 Å². The first kappa shape index (κ1) is 14.4. The molecular formula is C12H17ClFNO2. The van der Waals surface area contributed by atoms with E-state index in [9.17, 15) is 9.50 Å². The molecule has 0 amide bonds. The third kappa shape index (κ3) is 3.64. The van der Waals surface area contributed by atoms with Crippen LogP contribution in [-0.2, 0) is 10.3 Å². The summed E-state index contributed by atoms with van der Waals surface area (Å²) in [4.78, 5) is 0. The van der Waals surface area contributed by atoms with Crippen molar-refractivity contribution >= 4 is 11.6 Å². The second kappa shape index (κ2) is 6.31. The number of aliphatic hydroxyl groups is 1. The fourth-order valence-corrected chi connectivity index (χ4v) is 1.94. The number of methoxy groups -OCH3 is 1. The molecule has 5 heteroatoms. The van der Waals surface area contributed by atoms with Crippen LogP contribution in [0.5, 0.6) is 0 Å². The van der Waals surface area contributed by atoms with Crippen LogP contribution in [0.1, 0.15) is 18.4 Å². The lowest BCUT2D eigenvalue weighted by atomic mass is 9.89. The second-order valence-electron chi connectivity index (χ2n) is 3.98. The zero-order valence-electron chi connectivity index (χ0n) is 9.75. The summed E-state index contributed by atoms with van der Waals surface area (Å²) in [7, 11) is 1.46. The van der Waals surface area contributed by atoms with Crippen LogP contribution in [0.4, 0.5) is 4.39 Å². The average molecular weight is 262 g/mol. The highest BCUT2D eigenvalue weighted by molar-refractivity contribution is 6.30. The zero-order chi connectivity index (χ0) is 12.9.